The molecule has 0 saturated heterocycles. The number of imidazole rings is 1. The summed E-state index contributed by atoms with van der Waals surface area (Å²) in [7, 11) is 0. The predicted molar refractivity (Wildman–Crippen MR) is 91.3 cm³/mol. The fourth-order valence-electron chi connectivity index (χ4n) is 2.61. The van der Waals surface area contributed by atoms with Gasteiger partial charge in [-0.15, -0.1) is 12.4 Å². The summed E-state index contributed by atoms with van der Waals surface area (Å²) in [5, 5.41) is 3.52. The summed E-state index contributed by atoms with van der Waals surface area (Å²) < 4.78 is 0. The number of aromatic nitrogens is 2. The van der Waals surface area contributed by atoms with Crippen LogP contribution in [0.25, 0.3) is 11.0 Å². The number of nitrogens with one attached hydrogen (secondary N) is 2. The lowest BCUT2D eigenvalue weighted by molar-refractivity contribution is 1.09. The summed E-state index contributed by atoms with van der Waals surface area (Å²) in [5.41, 5.74) is 7.17. The van der Waals surface area contributed by atoms with E-state index in [0.29, 0.717) is 0 Å². The van der Waals surface area contributed by atoms with E-state index in [4.69, 9.17) is 0 Å². The van der Waals surface area contributed by atoms with Crippen molar-refractivity contribution in [3.05, 3.63) is 58.9 Å². The highest BCUT2D eigenvalue weighted by Crippen LogP contribution is 2.22. The molecule has 0 spiro atoms. The molecular formula is C17H20ClN3. The highest BCUT2D eigenvalue weighted by Gasteiger charge is 2.06. The van der Waals surface area contributed by atoms with Crippen molar-refractivity contribution < 1.29 is 0 Å². The maximum absolute atomic E-state index is 4.55. The van der Waals surface area contributed by atoms with Crippen molar-refractivity contribution in [2.75, 3.05) is 5.32 Å². The Balaban J connectivity index is 0.00000161. The third-order valence-corrected chi connectivity index (χ3v) is 3.73. The summed E-state index contributed by atoms with van der Waals surface area (Å²) in [5.74, 6) is 0.946. The lowest BCUT2D eigenvalue weighted by Crippen LogP contribution is -2.03. The monoisotopic (exact) mass is 301 g/mol. The van der Waals surface area contributed by atoms with Gasteiger partial charge in [0.15, 0.2) is 0 Å². The van der Waals surface area contributed by atoms with Gasteiger partial charge in [-0.1, -0.05) is 24.3 Å². The van der Waals surface area contributed by atoms with Crippen molar-refractivity contribution >= 4 is 29.1 Å². The van der Waals surface area contributed by atoms with E-state index in [1.54, 1.807) is 0 Å². The highest BCUT2D eigenvalue weighted by molar-refractivity contribution is 5.88. The lowest BCUT2D eigenvalue weighted by atomic mass is 10.0. The minimum atomic E-state index is 0. The molecule has 2 N–H and O–H groups in total. The van der Waals surface area contributed by atoms with Gasteiger partial charge in [0.1, 0.15) is 11.3 Å². The molecule has 0 saturated carbocycles. The van der Waals surface area contributed by atoms with Crippen LogP contribution in [0.1, 0.15) is 22.5 Å². The fraction of sp³-hybridized carbons (Fsp3) is 0.235. The van der Waals surface area contributed by atoms with Crippen LogP contribution in [0.2, 0.25) is 0 Å². The molecule has 3 rings (SSSR count). The Morgan fingerprint density at radius 2 is 1.67 bits per heavy atom. The van der Waals surface area contributed by atoms with Crippen LogP contribution >= 0.6 is 12.4 Å². The zero-order valence-electron chi connectivity index (χ0n) is 12.5. The maximum atomic E-state index is 4.55. The average Bonchev–Trinajstić information content (AvgIpc) is 2.79. The number of benzene rings is 2. The van der Waals surface area contributed by atoms with Gasteiger partial charge in [-0.2, -0.15) is 0 Å². The lowest BCUT2D eigenvalue weighted by Gasteiger charge is -2.12. The second-order valence-electron chi connectivity index (χ2n) is 5.25. The van der Waals surface area contributed by atoms with Crippen molar-refractivity contribution in [1.82, 2.24) is 9.97 Å². The van der Waals surface area contributed by atoms with Crippen LogP contribution in [0.5, 0.6) is 0 Å². The van der Waals surface area contributed by atoms with Gasteiger partial charge in [-0.3, -0.25) is 0 Å². The molecule has 0 bridgehead atoms. The molecule has 1 heterocycles. The van der Waals surface area contributed by atoms with Gasteiger partial charge in [-0.05, 0) is 49.6 Å². The quantitative estimate of drug-likeness (QED) is 0.746. The molecule has 0 atom stereocenters. The van der Waals surface area contributed by atoms with Gasteiger partial charge in [0.05, 0.1) is 11.2 Å². The Hall–Kier alpha value is -2.00. The van der Waals surface area contributed by atoms with Crippen molar-refractivity contribution in [3.8, 4) is 0 Å². The molecule has 0 aliphatic rings. The molecule has 0 aliphatic heterocycles. The molecule has 21 heavy (non-hydrogen) atoms. The summed E-state index contributed by atoms with van der Waals surface area (Å²) >= 11 is 0. The standard InChI is InChI=1S/C17H19N3.ClH/c1-11-6-4-7-12(2)14(11)10-18-15-8-5-9-16-17(15)20-13(3)19-16;/h4-9,18H,10H2,1-3H3,(H,19,20);1H. The normalized spacial score (nSPS) is 10.4. The number of rotatable bonds is 3. The number of hydrogen-bond acceptors (Lipinski definition) is 2. The number of H-pyrrole nitrogens is 1. The van der Waals surface area contributed by atoms with E-state index in [2.05, 4.69) is 59.5 Å². The minimum absolute atomic E-state index is 0. The Morgan fingerprint density at radius 3 is 2.38 bits per heavy atom. The number of nitrogens with zero attached hydrogens (tertiary/aromatic N) is 1. The van der Waals surface area contributed by atoms with Gasteiger partial charge in [0, 0.05) is 6.54 Å². The molecule has 0 aliphatic carbocycles. The number of hydrogen-bond donors (Lipinski definition) is 2. The van der Waals surface area contributed by atoms with E-state index in [9.17, 15) is 0 Å². The van der Waals surface area contributed by atoms with Crippen LogP contribution in [0.4, 0.5) is 5.69 Å². The second kappa shape index (κ2) is 6.19. The molecule has 4 heteroatoms. The zero-order valence-corrected chi connectivity index (χ0v) is 13.3. The van der Waals surface area contributed by atoms with Crippen molar-refractivity contribution in [2.45, 2.75) is 27.3 Å². The number of aryl methyl sites for hydroxylation is 3. The average molecular weight is 302 g/mol. The molecule has 0 fully saturated rings. The molecule has 2 aromatic carbocycles. The van der Waals surface area contributed by atoms with Crippen LogP contribution in [-0.4, -0.2) is 9.97 Å². The van der Waals surface area contributed by atoms with Crippen LogP contribution in [0, 0.1) is 20.8 Å². The molecule has 0 radical (unpaired) electrons. The Bertz CT molecular complexity index is 742. The van der Waals surface area contributed by atoms with E-state index in [-0.39, 0.29) is 12.4 Å². The van der Waals surface area contributed by atoms with Crippen LogP contribution in [-0.2, 0) is 6.54 Å². The number of para-hydroxylation sites is 1. The number of halogens is 1. The van der Waals surface area contributed by atoms with Gasteiger partial charge in [0.2, 0.25) is 0 Å². The van der Waals surface area contributed by atoms with Crippen LogP contribution in [0.15, 0.2) is 36.4 Å². The molecule has 0 unspecified atom stereocenters. The fourth-order valence-corrected chi connectivity index (χ4v) is 2.61. The van der Waals surface area contributed by atoms with E-state index in [1.807, 2.05) is 13.0 Å². The SMILES string of the molecule is Cc1nc2c(NCc3c(C)cccc3C)cccc2[nH]1.Cl. The molecule has 110 valence electrons. The molecule has 3 aromatic rings. The van der Waals surface area contributed by atoms with Gasteiger partial charge in [-0.25, -0.2) is 4.98 Å². The third-order valence-electron chi connectivity index (χ3n) is 3.73. The van der Waals surface area contributed by atoms with E-state index >= 15 is 0 Å². The first kappa shape index (κ1) is 15.4. The largest absolute Gasteiger partial charge is 0.379 e. The Kier molecular flexibility index (Phi) is 4.53. The van der Waals surface area contributed by atoms with Crippen molar-refractivity contribution in [1.29, 1.82) is 0 Å². The molecule has 3 nitrogen and oxygen atoms in total. The zero-order chi connectivity index (χ0) is 14.1. The van der Waals surface area contributed by atoms with Crippen molar-refractivity contribution in [2.24, 2.45) is 0 Å². The number of aromatic amines is 1. The highest BCUT2D eigenvalue weighted by atomic mass is 35.5. The first-order valence-corrected chi connectivity index (χ1v) is 6.89. The molecular weight excluding hydrogens is 282 g/mol. The summed E-state index contributed by atoms with van der Waals surface area (Å²) in [6.45, 7) is 7.12. The smallest absolute Gasteiger partial charge is 0.112 e. The van der Waals surface area contributed by atoms with Crippen molar-refractivity contribution in [3.63, 3.8) is 0 Å². The van der Waals surface area contributed by atoms with E-state index in [1.165, 1.54) is 16.7 Å². The summed E-state index contributed by atoms with van der Waals surface area (Å²) in [6, 6.07) is 12.6. The van der Waals surface area contributed by atoms with E-state index < -0.39 is 0 Å². The third kappa shape index (κ3) is 3.03. The number of anilines is 1. The first-order chi connectivity index (χ1) is 9.65. The maximum Gasteiger partial charge on any atom is 0.112 e. The molecule has 0 amide bonds. The molecule has 1 aromatic heterocycles. The first-order valence-electron chi connectivity index (χ1n) is 6.89. The Morgan fingerprint density at radius 1 is 1.00 bits per heavy atom. The van der Waals surface area contributed by atoms with Gasteiger partial charge >= 0.3 is 0 Å². The summed E-state index contributed by atoms with van der Waals surface area (Å²) in [4.78, 5) is 7.82. The Labute approximate surface area is 131 Å². The number of fused-ring (bicyclic) bond motifs is 1. The van der Waals surface area contributed by atoms with Crippen LogP contribution in [0.3, 0.4) is 0 Å². The summed E-state index contributed by atoms with van der Waals surface area (Å²) in [6.07, 6.45) is 0. The minimum Gasteiger partial charge on any atom is -0.379 e. The van der Waals surface area contributed by atoms with Crippen LogP contribution < -0.4 is 5.32 Å². The van der Waals surface area contributed by atoms with E-state index in [0.717, 1.165) is 29.1 Å². The van der Waals surface area contributed by atoms with Gasteiger partial charge in [0.25, 0.3) is 0 Å². The topological polar surface area (TPSA) is 40.7 Å². The predicted octanol–water partition coefficient (Wildman–Crippen LogP) is 4.52. The van der Waals surface area contributed by atoms with Gasteiger partial charge < -0.3 is 10.3 Å². The second-order valence-corrected chi connectivity index (χ2v) is 5.25.